The molecule has 112 valence electrons. The molecule has 1 heterocycles. The van der Waals surface area contributed by atoms with Crippen molar-refractivity contribution in [3.05, 3.63) is 18.2 Å². The number of nitrogen functional groups attached to an aromatic ring is 1. The van der Waals surface area contributed by atoms with E-state index < -0.39 is 0 Å². The van der Waals surface area contributed by atoms with E-state index in [4.69, 9.17) is 10.5 Å². The monoisotopic (exact) mass is 278 g/mol. The Bertz CT molecular complexity index is 438. The quantitative estimate of drug-likeness (QED) is 0.831. The smallest absolute Gasteiger partial charge is 0.123 e. The Morgan fingerprint density at radius 3 is 2.40 bits per heavy atom. The number of benzene rings is 1. The van der Waals surface area contributed by atoms with E-state index in [-0.39, 0.29) is 12.2 Å². The van der Waals surface area contributed by atoms with Gasteiger partial charge in [0.1, 0.15) is 5.75 Å². The van der Waals surface area contributed by atoms with Gasteiger partial charge in [-0.1, -0.05) is 0 Å². The molecule has 1 aromatic rings. The van der Waals surface area contributed by atoms with E-state index in [0.29, 0.717) is 5.92 Å². The van der Waals surface area contributed by atoms with Gasteiger partial charge in [-0.15, -0.1) is 0 Å². The minimum Gasteiger partial charge on any atom is -0.491 e. The molecule has 0 radical (unpaired) electrons. The van der Waals surface area contributed by atoms with Gasteiger partial charge in [0.25, 0.3) is 0 Å². The lowest BCUT2D eigenvalue weighted by atomic mass is 9.92. The third-order valence-electron chi connectivity index (χ3n) is 3.87. The highest BCUT2D eigenvalue weighted by molar-refractivity contribution is 5.60. The SMILES string of the molecule is CC(C)Oc1cc(N)cc(N2CCC(C(C)O)CC2)c1. The molecule has 0 saturated carbocycles. The molecule has 0 aromatic heterocycles. The average Bonchev–Trinajstić information content (AvgIpc) is 2.37. The van der Waals surface area contributed by atoms with Crippen molar-refractivity contribution in [2.75, 3.05) is 23.7 Å². The van der Waals surface area contributed by atoms with Gasteiger partial charge < -0.3 is 20.5 Å². The number of ether oxygens (including phenoxy) is 1. The first-order valence-corrected chi connectivity index (χ1v) is 7.46. The fraction of sp³-hybridized carbons (Fsp3) is 0.625. The van der Waals surface area contributed by atoms with Crippen LogP contribution in [0.4, 0.5) is 11.4 Å². The summed E-state index contributed by atoms with van der Waals surface area (Å²) in [4.78, 5) is 2.32. The summed E-state index contributed by atoms with van der Waals surface area (Å²) in [6.45, 7) is 7.82. The minimum absolute atomic E-state index is 0.144. The van der Waals surface area contributed by atoms with Crippen LogP contribution in [0.15, 0.2) is 18.2 Å². The highest BCUT2D eigenvalue weighted by atomic mass is 16.5. The maximum atomic E-state index is 9.66. The predicted molar refractivity (Wildman–Crippen MR) is 83.2 cm³/mol. The highest BCUT2D eigenvalue weighted by Crippen LogP contribution is 2.30. The molecule has 1 aliphatic heterocycles. The summed E-state index contributed by atoms with van der Waals surface area (Å²) in [5.41, 5.74) is 7.82. The largest absolute Gasteiger partial charge is 0.491 e. The van der Waals surface area contributed by atoms with Crippen LogP contribution in [0.1, 0.15) is 33.6 Å². The molecule has 1 atom stereocenters. The first-order valence-electron chi connectivity index (χ1n) is 7.46. The number of rotatable bonds is 4. The first-order chi connectivity index (χ1) is 9.45. The van der Waals surface area contributed by atoms with Crippen molar-refractivity contribution in [2.45, 2.75) is 45.8 Å². The second-order valence-corrected chi connectivity index (χ2v) is 5.99. The van der Waals surface area contributed by atoms with E-state index in [2.05, 4.69) is 11.0 Å². The van der Waals surface area contributed by atoms with Crippen LogP contribution in [0, 0.1) is 5.92 Å². The Balaban J connectivity index is 2.07. The predicted octanol–water partition coefficient (Wildman–Crippen LogP) is 2.65. The lowest BCUT2D eigenvalue weighted by molar-refractivity contribution is 0.110. The molecule has 4 heteroatoms. The lowest BCUT2D eigenvalue weighted by Gasteiger charge is -2.35. The number of piperidine rings is 1. The van der Waals surface area contributed by atoms with Crippen molar-refractivity contribution in [1.29, 1.82) is 0 Å². The molecule has 1 aromatic carbocycles. The van der Waals surface area contributed by atoms with Crippen LogP contribution in [-0.2, 0) is 0 Å². The fourth-order valence-corrected chi connectivity index (χ4v) is 2.77. The van der Waals surface area contributed by atoms with E-state index in [1.54, 1.807) is 0 Å². The number of aliphatic hydroxyl groups excluding tert-OH is 1. The van der Waals surface area contributed by atoms with E-state index in [1.165, 1.54) is 0 Å². The molecule has 0 bridgehead atoms. The third kappa shape index (κ3) is 3.79. The fourth-order valence-electron chi connectivity index (χ4n) is 2.77. The minimum atomic E-state index is -0.210. The number of hydrogen-bond acceptors (Lipinski definition) is 4. The zero-order valence-electron chi connectivity index (χ0n) is 12.7. The summed E-state index contributed by atoms with van der Waals surface area (Å²) in [6.07, 6.45) is 1.98. The van der Waals surface area contributed by atoms with E-state index in [1.807, 2.05) is 32.9 Å². The Labute approximate surface area is 121 Å². The second-order valence-electron chi connectivity index (χ2n) is 5.99. The highest BCUT2D eigenvalue weighted by Gasteiger charge is 2.23. The van der Waals surface area contributed by atoms with Crippen LogP contribution in [0.2, 0.25) is 0 Å². The molecule has 1 unspecified atom stereocenters. The molecule has 1 saturated heterocycles. The van der Waals surface area contributed by atoms with Crippen molar-refractivity contribution in [2.24, 2.45) is 5.92 Å². The third-order valence-corrected chi connectivity index (χ3v) is 3.87. The van der Waals surface area contributed by atoms with Gasteiger partial charge in [0.15, 0.2) is 0 Å². The van der Waals surface area contributed by atoms with Crippen LogP contribution in [0.5, 0.6) is 5.75 Å². The number of nitrogens with two attached hydrogens (primary N) is 1. The van der Waals surface area contributed by atoms with Gasteiger partial charge in [0.2, 0.25) is 0 Å². The summed E-state index contributed by atoms with van der Waals surface area (Å²) >= 11 is 0. The summed E-state index contributed by atoms with van der Waals surface area (Å²) in [7, 11) is 0. The van der Waals surface area contributed by atoms with E-state index in [0.717, 1.165) is 43.1 Å². The van der Waals surface area contributed by atoms with Gasteiger partial charge in [-0.3, -0.25) is 0 Å². The van der Waals surface area contributed by atoms with Crippen LogP contribution >= 0.6 is 0 Å². The van der Waals surface area contributed by atoms with Gasteiger partial charge in [0, 0.05) is 36.6 Å². The summed E-state index contributed by atoms with van der Waals surface area (Å²) < 4.78 is 5.74. The summed E-state index contributed by atoms with van der Waals surface area (Å²) in [5.74, 6) is 1.24. The molecule has 3 N–H and O–H groups in total. The van der Waals surface area contributed by atoms with E-state index >= 15 is 0 Å². The van der Waals surface area contributed by atoms with Gasteiger partial charge in [-0.25, -0.2) is 0 Å². The number of nitrogens with zero attached hydrogens (tertiary/aromatic N) is 1. The van der Waals surface area contributed by atoms with Crippen LogP contribution in [0.25, 0.3) is 0 Å². The molecular formula is C16H26N2O2. The maximum absolute atomic E-state index is 9.66. The standard InChI is InChI=1S/C16H26N2O2/c1-11(2)20-16-9-14(17)8-15(10-16)18-6-4-13(5-7-18)12(3)19/h8-13,19H,4-7,17H2,1-3H3. The number of anilines is 2. The van der Waals surface area contributed by atoms with Gasteiger partial charge in [0.05, 0.1) is 12.2 Å². The van der Waals surface area contributed by atoms with Gasteiger partial charge in [-0.2, -0.15) is 0 Å². The van der Waals surface area contributed by atoms with Gasteiger partial charge >= 0.3 is 0 Å². The van der Waals surface area contributed by atoms with Crippen molar-refractivity contribution in [3.63, 3.8) is 0 Å². The topological polar surface area (TPSA) is 58.7 Å². The average molecular weight is 278 g/mol. The lowest BCUT2D eigenvalue weighted by Crippen LogP contribution is -2.37. The van der Waals surface area contributed by atoms with Gasteiger partial charge in [-0.05, 0) is 45.6 Å². The van der Waals surface area contributed by atoms with Crippen LogP contribution < -0.4 is 15.4 Å². The first kappa shape index (κ1) is 15.0. The van der Waals surface area contributed by atoms with Crippen molar-refractivity contribution < 1.29 is 9.84 Å². The Kier molecular flexibility index (Phi) is 4.76. The normalized spacial score (nSPS) is 18.4. The number of aliphatic hydroxyl groups is 1. The molecule has 0 aliphatic carbocycles. The molecule has 20 heavy (non-hydrogen) atoms. The Morgan fingerprint density at radius 2 is 1.85 bits per heavy atom. The maximum Gasteiger partial charge on any atom is 0.123 e. The van der Waals surface area contributed by atoms with Crippen LogP contribution in [0.3, 0.4) is 0 Å². The zero-order chi connectivity index (χ0) is 14.7. The Morgan fingerprint density at radius 1 is 1.20 bits per heavy atom. The molecule has 1 aliphatic rings. The second kappa shape index (κ2) is 6.35. The van der Waals surface area contributed by atoms with Crippen molar-refractivity contribution in [3.8, 4) is 5.75 Å². The molecule has 2 rings (SSSR count). The number of hydrogen-bond donors (Lipinski definition) is 2. The molecule has 4 nitrogen and oxygen atoms in total. The summed E-state index contributed by atoms with van der Waals surface area (Å²) in [6, 6.07) is 5.92. The molecule has 0 spiro atoms. The molecule has 0 amide bonds. The summed E-state index contributed by atoms with van der Waals surface area (Å²) in [5, 5.41) is 9.66. The zero-order valence-corrected chi connectivity index (χ0v) is 12.7. The van der Waals surface area contributed by atoms with Crippen LogP contribution in [-0.4, -0.2) is 30.4 Å². The molecular weight excluding hydrogens is 252 g/mol. The van der Waals surface area contributed by atoms with Crippen molar-refractivity contribution in [1.82, 2.24) is 0 Å². The molecule has 1 fully saturated rings. The Hall–Kier alpha value is -1.42. The van der Waals surface area contributed by atoms with Crippen molar-refractivity contribution >= 4 is 11.4 Å². The van der Waals surface area contributed by atoms with E-state index in [9.17, 15) is 5.11 Å².